The molecule has 1 aromatic carbocycles. The van der Waals surface area contributed by atoms with Crippen LogP contribution >= 0.6 is 0 Å². The van der Waals surface area contributed by atoms with Crippen molar-refractivity contribution >= 4 is 28.4 Å². The van der Waals surface area contributed by atoms with E-state index < -0.39 is 12.0 Å². The average molecular weight is 382 g/mol. The second-order valence-electron chi connectivity index (χ2n) is 7.11. The third-order valence-corrected chi connectivity index (χ3v) is 5.10. The lowest BCUT2D eigenvalue weighted by atomic mass is 10.1. The maximum absolute atomic E-state index is 12.3. The van der Waals surface area contributed by atoms with Gasteiger partial charge in [-0.2, -0.15) is 5.10 Å². The van der Waals surface area contributed by atoms with Crippen molar-refractivity contribution in [1.82, 2.24) is 19.9 Å². The lowest BCUT2D eigenvalue weighted by molar-refractivity contribution is -0.142. The van der Waals surface area contributed by atoms with Crippen LogP contribution in [0.3, 0.4) is 0 Å². The van der Waals surface area contributed by atoms with Crippen LogP contribution in [0.2, 0.25) is 0 Å². The Balaban J connectivity index is 1.78. The molecule has 1 unspecified atom stereocenters. The zero-order valence-corrected chi connectivity index (χ0v) is 16.5. The summed E-state index contributed by atoms with van der Waals surface area (Å²) in [7, 11) is 0. The van der Waals surface area contributed by atoms with Crippen molar-refractivity contribution in [3.63, 3.8) is 0 Å². The Morgan fingerprint density at radius 2 is 2.00 bits per heavy atom. The van der Waals surface area contributed by atoms with E-state index in [1.807, 2.05) is 49.6 Å². The molecule has 2 heterocycles. The van der Waals surface area contributed by atoms with Gasteiger partial charge < -0.3 is 10.4 Å². The first-order valence-electron chi connectivity index (χ1n) is 9.68. The van der Waals surface area contributed by atoms with Crippen LogP contribution < -0.4 is 5.32 Å². The van der Waals surface area contributed by atoms with E-state index in [4.69, 9.17) is 4.98 Å². The number of nitrogens with one attached hydrogen (secondary N) is 1. The fourth-order valence-electron chi connectivity index (χ4n) is 3.51. The summed E-state index contributed by atoms with van der Waals surface area (Å²) in [6.07, 6.45) is 2.81. The molecule has 0 fully saturated rings. The van der Waals surface area contributed by atoms with Gasteiger partial charge in [0.2, 0.25) is 5.91 Å². The number of aromatic nitrogens is 3. The summed E-state index contributed by atoms with van der Waals surface area (Å²) in [5.41, 5.74) is 4.48. The van der Waals surface area contributed by atoms with Crippen LogP contribution in [-0.4, -0.2) is 37.6 Å². The Kier molecular flexibility index (Phi) is 5.92. The number of benzene rings is 1. The molecule has 0 bridgehead atoms. The zero-order chi connectivity index (χ0) is 20.3. The molecule has 148 valence electrons. The molecule has 0 saturated carbocycles. The van der Waals surface area contributed by atoms with Crippen molar-refractivity contribution in [2.24, 2.45) is 0 Å². The first kappa shape index (κ1) is 19.8. The van der Waals surface area contributed by atoms with Gasteiger partial charge >= 0.3 is 5.97 Å². The second kappa shape index (κ2) is 8.37. The largest absolute Gasteiger partial charge is 0.480 e. The number of unbranched alkanes of at least 4 members (excludes halogenated alkanes) is 1. The highest BCUT2D eigenvalue weighted by molar-refractivity contribution is 5.92. The van der Waals surface area contributed by atoms with Crippen molar-refractivity contribution in [3.8, 4) is 0 Å². The van der Waals surface area contributed by atoms with Crippen molar-refractivity contribution in [2.75, 3.05) is 0 Å². The number of nitrogens with zero attached hydrogens (tertiary/aromatic N) is 3. The molecule has 0 spiro atoms. The molecule has 7 heteroatoms. The van der Waals surface area contributed by atoms with Gasteiger partial charge in [-0.05, 0) is 44.4 Å². The third-order valence-electron chi connectivity index (χ3n) is 5.10. The zero-order valence-electron chi connectivity index (χ0n) is 16.5. The number of carboxylic acids is 1. The van der Waals surface area contributed by atoms with Gasteiger partial charge in [0.25, 0.3) is 0 Å². The molecule has 7 nitrogen and oxygen atoms in total. The van der Waals surface area contributed by atoms with Crippen LogP contribution in [0.5, 0.6) is 0 Å². The number of aliphatic carboxylic acids is 1. The van der Waals surface area contributed by atoms with Gasteiger partial charge in [-0.25, -0.2) is 14.3 Å². The first-order valence-corrected chi connectivity index (χ1v) is 9.68. The van der Waals surface area contributed by atoms with Gasteiger partial charge in [0.1, 0.15) is 6.04 Å². The van der Waals surface area contributed by atoms with E-state index in [0.29, 0.717) is 12.8 Å². The number of carbonyl (C=O) groups is 2. The number of amides is 1. The Hall–Kier alpha value is -2.96. The summed E-state index contributed by atoms with van der Waals surface area (Å²) in [6, 6.07) is 7.03. The summed E-state index contributed by atoms with van der Waals surface area (Å²) in [5, 5.41) is 17.5. The molecule has 3 rings (SSSR count). The molecule has 2 N–H and O–H groups in total. The van der Waals surface area contributed by atoms with E-state index in [1.165, 1.54) is 0 Å². The molecule has 1 amide bonds. The minimum Gasteiger partial charge on any atom is -0.480 e. The fraction of sp³-hybridized carbons (Fsp3) is 0.429. The minimum atomic E-state index is -0.986. The predicted octanol–water partition coefficient (Wildman–Crippen LogP) is 3.19. The monoisotopic (exact) mass is 382 g/mol. The molecule has 3 aromatic rings. The summed E-state index contributed by atoms with van der Waals surface area (Å²) in [5.74, 6) is -1.24. The Morgan fingerprint density at radius 3 is 2.71 bits per heavy atom. The van der Waals surface area contributed by atoms with Crippen LogP contribution in [-0.2, 0) is 16.0 Å². The smallest absolute Gasteiger partial charge is 0.326 e. The standard InChI is InChI=1S/C21H26N4O3/c1-4-5-9-18(21(27)28)23-19(26)12-11-15-13(2)22-20-16-8-6-7-10-17(16)24-25(20)14(15)3/h6-8,10,18H,4-5,9,11-12H2,1-3H3,(H,23,26)(H,27,28). The number of hydrogen-bond acceptors (Lipinski definition) is 4. The van der Waals surface area contributed by atoms with Gasteiger partial charge in [0.15, 0.2) is 5.65 Å². The maximum atomic E-state index is 12.3. The van der Waals surface area contributed by atoms with E-state index >= 15 is 0 Å². The summed E-state index contributed by atoms with van der Waals surface area (Å²) in [6.45, 7) is 5.90. The number of carbonyl (C=O) groups excluding carboxylic acids is 1. The highest BCUT2D eigenvalue weighted by Crippen LogP contribution is 2.22. The summed E-state index contributed by atoms with van der Waals surface area (Å²) in [4.78, 5) is 28.3. The molecule has 0 radical (unpaired) electrons. The summed E-state index contributed by atoms with van der Waals surface area (Å²) >= 11 is 0. The van der Waals surface area contributed by atoms with Gasteiger partial charge in [0, 0.05) is 23.2 Å². The molecule has 0 aliphatic heterocycles. The topological polar surface area (TPSA) is 96.6 Å². The molecular formula is C21H26N4O3. The number of carboxylic acid groups (broad SMARTS) is 1. The van der Waals surface area contributed by atoms with Crippen molar-refractivity contribution in [3.05, 3.63) is 41.2 Å². The van der Waals surface area contributed by atoms with Crippen molar-refractivity contribution in [1.29, 1.82) is 0 Å². The van der Waals surface area contributed by atoms with Crippen molar-refractivity contribution < 1.29 is 14.7 Å². The van der Waals surface area contributed by atoms with Crippen LogP contribution in [0, 0.1) is 13.8 Å². The van der Waals surface area contributed by atoms with Gasteiger partial charge in [-0.15, -0.1) is 0 Å². The van der Waals surface area contributed by atoms with Crippen LogP contribution in [0.1, 0.15) is 49.6 Å². The number of hydrogen-bond donors (Lipinski definition) is 2. The van der Waals surface area contributed by atoms with Crippen LogP contribution in [0.4, 0.5) is 0 Å². The third kappa shape index (κ3) is 3.98. The molecule has 2 aromatic heterocycles. The molecule has 0 aliphatic rings. The van der Waals surface area contributed by atoms with E-state index in [0.717, 1.165) is 46.3 Å². The van der Waals surface area contributed by atoms with Gasteiger partial charge in [0.05, 0.1) is 5.52 Å². The fourth-order valence-corrected chi connectivity index (χ4v) is 3.51. The number of aryl methyl sites for hydroxylation is 2. The minimum absolute atomic E-state index is 0.214. The van der Waals surface area contributed by atoms with E-state index in [9.17, 15) is 14.7 Å². The quantitative estimate of drug-likeness (QED) is 0.624. The van der Waals surface area contributed by atoms with Crippen molar-refractivity contribution in [2.45, 2.75) is 58.9 Å². The highest BCUT2D eigenvalue weighted by Gasteiger charge is 2.20. The molecule has 0 saturated heterocycles. The van der Waals surface area contributed by atoms with Gasteiger partial charge in [-0.1, -0.05) is 31.9 Å². The normalized spacial score (nSPS) is 12.4. The average Bonchev–Trinajstić information content (AvgIpc) is 3.03. The van der Waals surface area contributed by atoms with E-state index in [-0.39, 0.29) is 12.3 Å². The Morgan fingerprint density at radius 1 is 1.25 bits per heavy atom. The highest BCUT2D eigenvalue weighted by atomic mass is 16.4. The van der Waals surface area contributed by atoms with Gasteiger partial charge in [-0.3, -0.25) is 4.79 Å². The number of fused-ring (bicyclic) bond motifs is 3. The predicted molar refractivity (Wildman–Crippen MR) is 107 cm³/mol. The molecule has 0 aliphatic carbocycles. The molecule has 1 atom stereocenters. The van der Waals surface area contributed by atoms with Crippen LogP contribution in [0.25, 0.3) is 16.6 Å². The Bertz CT molecular complexity index is 1030. The van der Waals surface area contributed by atoms with Crippen LogP contribution in [0.15, 0.2) is 24.3 Å². The molecular weight excluding hydrogens is 356 g/mol. The van der Waals surface area contributed by atoms with E-state index in [2.05, 4.69) is 10.4 Å². The SMILES string of the molecule is CCCCC(NC(=O)CCc1c(C)nc2c3ccccc3nn2c1C)C(=O)O. The van der Waals surface area contributed by atoms with E-state index in [1.54, 1.807) is 0 Å². The second-order valence-corrected chi connectivity index (χ2v) is 7.11. The lowest BCUT2D eigenvalue weighted by Gasteiger charge is -2.15. The summed E-state index contributed by atoms with van der Waals surface area (Å²) < 4.78 is 1.83. The number of rotatable bonds is 8. The Labute approximate surface area is 163 Å². The maximum Gasteiger partial charge on any atom is 0.326 e. The molecule has 28 heavy (non-hydrogen) atoms. The lowest BCUT2D eigenvalue weighted by Crippen LogP contribution is -2.40. The first-order chi connectivity index (χ1) is 13.4.